The van der Waals surface area contributed by atoms with Crippen molar-refractivity contribution in [3.05, 3.63) is 76.3 Å². The third kappa shape index (κ3) is 5.60. The molecule has 0 bridgehead atoms. The van der Waals surface area contributed by atoms with E-state index in [1.807, 2.05) is 36.4 Å². The molecule has 7 nitrogen and oxygen atoms in total. The van der Waals surface area contributed by atoms with Crippen molar-refractivity contribution in [1.82, 2.24) is 10.2 Å². The third-order valence-corrected chi connectivity index (χ3v) is 8.32. The van der Waals surface area contributed by atoms with Crippen molar-refractivity contribution < 1.29 is 24.5 Å². The SMILES string of the molecule is O=C(NCCO)C1=CC(N(Cc2ccc(Cl)cc2)C(=O)CCC2CCCC2)C(O)C2Oc3ccccc3C12. The first-order valence-electron chi connectivity index (χ1n) is 13.5. The summed E-state index contributed by atoms with van der Waals surface area (Å²) in [6.07, 6.45) is 5.92. The number of benzene rings is 2. The largest absolute Gasteiger partial charge is 0.486 e. The Morgan fingerprint density at radius 1 is 1.08 bits per heavy atom. The second-order valence-corrected chi connectivity index (χ2v) is 11.0. The summed E-state index contributed by atoms with van der Waals surface area (Å²) in [6, 6.07) is 14.0. The fraction of sp³-hybridized carbons (Fsp3) is 0.467. The number of aliphatic hydroxyl groups excluding tert-OH is 2. The first-order valence-corrected chi connectivity index (χ1v) is 13.9. The number of amides is 2. The minimum Gasteiger partial charge on any atom is -0.486 e. The first-order chi connectivity index (χ1) is 18.5. The summed E-state index contributed by atoms with van der Waals surface area (Å²) < 4.78 is 6.20. The smallest absolute Gasteiger partial charge is 0.247 e. The lowest BCUT2D eigenvalue weighted by Gasteiger charge is -2.41. The monoisotopic (exact) mass is 538 g/mol. The van der Waals surface area contributed by atoms with Crippen LogP contribution >= 0.6 is 11.6 Å². The maximum Gasteiger partial charge on any atom is 0.247 e. The molecule has 2 amide bonds. The zero-order valence-corrected chi connectivity index (χ0v) is 22.1. The lowest BCUT2D eigenvalue weighted by atomic mass is 9.77. The molecule has 0 spiro atoms. The van der Waals surface area contributed by atoms with Crippen molar-refractivity contribution in [1.29, 1.82) is 0 Å². The fourth-order valence-electron chi connectivity index (χ4n) is 6.11. The molecule has 1 fully saturated rings. The molecule has 1 aliphatic heterocycles. The van der Waals surface area contributed by atoms with Gasteiger partial charge in [-0.3, -0.25) is 9.59 Å². The Morgan fingerprint density at radius 3 is 2.55 bits per heavy atom. The molecule has 5 rings (SSSR count). The van der Waals surface area contributed by atoms with Gasteiger partial charge in [0.1, 0.15) is 18.0 Å². The predicted octanol–water partition coefficient (Wildman–Crippen LogP) is 3.96. The van der Waals surface area contributed by atoms with Crippen molar-refractivity contribution in [2.24, 2.45) is 5.92 Å². The molecular weight excluding hydrogens is 504 g/mol. The molecule has 8 heteroatoms. The van der Waals surface area contributed by atoms with Gasteiger partial charge >= 0.3 is 0 Å². The van der Waals surface area contributed by atoms with Gasteiger partial charge in [0.15, 0.2) is 0 Å². The molecule has 4 unspecified atom stereocenters. The number of ether oxygens (including phenoxy) is 1. The van der Waals surface area contributed by atoms with Crippen LogP contribution in [0.25, 0.3) is 0 Å². The molecule has 1 heterocycles. The van der Waals surface area contributed by atoms with E-state index in [1.165, 1.54) is 12.8 Å². The van der Waals surface area contributed by atoms with Gasteiger partial charge < -0.3 is 25.2 Å². The summed E-state index contributed by atoms with van der Waals surface area (Å²) in [6.45, 7) is 0.196. The van der Waals surface area contributed by atoms with E-state index in [1.54, 1.807) is 23.1 Å². The maximum absolute atomic E-state index is 13.8. The van der Waals surface area contributed by atoms with Crippen molar-refractivity contribution in [3.8, 4) is 5.75 Å². The standard InChI is InChI=1S/C30H35ClN2O5/c31-21-12-9-20(10-13-21)18-33(26(35)14-11-19-5-1-2-6-19)24-17-23(30(37)32-15-16-34)27-22-7-3-4-8-25(22)38-29(27)28(24)36/h3-4,7-10,12-13,17,19,24,27-29,34,36H,1-2,5-6,11,14-16,18H2,(H,32,37). The molecule has 2 aromatic carbocycles. The van der Waals surface area contributed by atoms with E-state index in [0.717, 1.165) is 30.4 Å². The highest BCUT2D eigenvalue weighted by Crippen LogP contribution is 2.47. The van der Waals surface area contributed by atoms with Crippen LogP contribution in [0.15, 0.2) is 60.2 Å². The number of nitrogens with zero attached hydrogens (tertiary/aromatic N) is 1. The van der Waals surface area contributed by atoms with Crippen LogP contribution < -0.4 is 10.1 Å². The molecule has 4 atom stereocenters. The Labute approximate surface area is 228 Å². The highest BCUT2D eigenvalue weighted by molar-refractivity contribution is 6.30. The Kier molecular flexibility index (Phi) is 8.36. The third-order valence-electron chi connectivity index (χ3n) is 8.06. The first kappa shape index (κ1) is 26.7. The molecule has 1 saturated carbocycles. The van der Waals surface area contributed by atoms with Crippen LogP contribution in [-0.4, -0.2) is 58.3 Å². The van der Waals surface area contributed by atoms with Gasteiger partial charge in [0, 0.05) is 35.7 Å². The van der Waals surface area contributed by atoms with Crippen molar-refractivity contribution in [2.75, 3.05) is 13.2 Å². The average Bonchev–Trinajstić information content (AvgIpc) is 3.59. The summed E-state index contributed by atoms with van der Waals surface area (Å²) in [5.41, 5.74) is 2.15. The van der Waals surface area contributed by atoms with Crippen molar-refractivity contribution in [3.63, 3.8) is 0 Å². The summed E-state index contributed by atoms with van der Waals surface area (Å²) in [5.74, 6) is 0.314. The van der Waals surface area contributed by atoms with Crippen molar-refractivity contribution >= 4 is 23.4 Å². The zero-order valence-electron chi connectivity index (χ0n) is 21.4. The van der Waals surface area contributed by atoms with Gasteiger partial charge in [-0.05, 0) is 42.2 Å². The number of nitrogens with one attached hydrogen (secondary N) is 1. The normalized spacial score (nSPS) is 24.2. The number of fused-ring (bicyclic) bond motifs is 3. The molecule has 0 saturated heterocycles. The van der Waals surface area contributed by atoms with E-state index < -0.39 is 24.2 Å². The van der Waals surface area contributed by atoms with Crippen LogP contribution in [0.5, 0.6) is 5.75 Å². The number of carbonyl (C=O) groups excluding carboxylic acids is 2. The van der Waals surface area contributed by atoms with Gasteiger partial charge in [-0.1, -0.05) is 67.6 Å². The summed E-state index contributed by atoms with van der Waals surface area (Å²) >= 11 is 6.10. The van der Waals surface area contributed by atoms with Crippen LogP contribution in [-0.2, 0) is 16.1 Å². The molecule has 3 N–H and O–H groups in total. The lowest BCUT2D eigenvalue weighted by molar-refractivity contribution is -0.138. The van der Waals surface area contributed by atoms with E-state index in [2.05, 4.69) is 5.32 Å². The molecule has 0 aromatic heterocycles. The zero-order chi connectivity index (χ0) is 26.6. The van der Waals surface area contributed by atoms with Crippen LogP contribution in [0.3, 0.4) is 0 Å². The predicted molar refractivity (Wildman–Crippen MR) is 145 cm³/mol. The molecule has 38 heavy (non-hydrogen) atoms. The fourth-order valence-corrected chi connectivity index (χ4v) is 6.23. The number of halogens is 1. The van der Waals surface area contributed by atoms with Crippen LogP contribution in [0.2, 0.25) is 5.02 Å². The Bertz CT molecular complexity index is 1180. The van der Waals surface area contributed by atoms with E-state index in [9.17, 15) is 19.8 Å². The topological polar surface area (TPSA) is 99.1 Å². The number of para-hydroxylation sites is 1. The molecule has 2 aliphatic carbocycles. The number of hydrogen-bond acceptors (Lipinski definition) is 5. The Balaban J connectivity index is 1.49. The van der Waals surface area contributed by atoms with E-state index in [4.69, 9.17) is 16.3 Å². The number of aliphatic hydroxyl groups is 2. The summed E-state index contributed by atoms with van der Waals surface area (Å²) in [5, 5.41) is 24.3. The van der Waals surface area contributed by atoms with Gasteiger partial charge in [-0.25, -0.2) is 0 Å². The van der Waals surface area contributed by atoms with Crippen LogP contribution in [0, 0.1) is 5.92 Å². The van der Waals surface area contributed by atoms with Gasteiger partial charge in [-0.2, -0.15) is 0 Å². The molecule has 2 aromatic rings. The van der Waals surface area contributed by atoms with Gasteiger partial charge in [0.2, 0.25) is 11.8 Å². The minimum absolute atomic E-state index is 0.0590. The molecule has 202 valence electrons. The number of hydrogen-bond donors (Lipinski definition) is 3. The van der Waals surface area contributed by atoms with Crippen LogP contribution in [0.1, 0.15) is 55.6 Å². The van der Waals surface area contributed by atoms with Gasteiger partial charge in [0.25, 0.3) is 0 Å². The van der Waals surface area contributed by atoms with E-state index in [0.29, 0.717) is 28.7 Å². The maximum atomic E-state index is 13.8. The Morgan fingerprint density at radius 2 is 1.82 bits per heavy atom. The van der Waals surface area contributed by atoms with E-state index in [-0.39, 0.29) is 31.5 Å². The highest BCUT2D eigenvalue weighted by Gasteiger charge is 2.50. The van der Waals surface area contributed by atoms with Crippen molar-refractivity contribution in [2.45, 2.75) is 69.2 Å². The molecule has 0 radical (unpaired) electrons. The minimum atomic E-state index is -1.04. The summed E-state index contributed by atoms with van der Waals surface area (Å²) in [7, 11) is 0. The average molecular weight is 539 g/mol. The second kappa shape index (κ2) is 11.9. The molecular formula is C30H35ClN2O5. The Hall–Kier alpha value is -2.87. The molecule has 3 aliphatic rings. The van der Waals surface area contributed by atoms with Gasteiger partial charge in [-0.15, -0.1) is 0 Å². The second-order valence-electron chi connectivity index (χ2n) is 10.5. The van der Waals surface area contributed by atoms with Crippen LogP contribution in [0.4, 0.5) is 0 Å². The lowest BCUT2D eigenvalue weighted by Crippen LogP contribution is -2.55. The summed E-state index contributed by atoms with van der Waals surface area (Å²) in [4.78, 5) is 28.7. The number of carbonyl (C=O) groups is 2. The number of rotatable bonds is 9. The van der Waals surface area contributed by atoms with Gasteiger partial charge in [0.05, 0.1) is 18.6 Å². The van der Waals surface area contributed by atoms with E-state index >= 15 is 0 Å². The highest BCUT2D eigenvalue weighted by atomic mass is 35.5. The quantitative estimate of drug-likeness (QED) is 0.449.